The molecule has 0 unspecified atom stereocenters. The Labute approximate surface area is 146 Å². The minimum Gasteiger partial charge on any atom is -0.480 e. The number of hydrogen-bond acceptors (Lipinski definition) is 4. The summed E-state index contributed by atoms with van der Waals surface area (Å²) in [6, 6.07) is 20.6. The molecular weight excluding hydrogens is 314 g/mol. The van der Waals surface area contributed by atoms with Crippen LogP contribution in [0.1, 0.15) is 12.1 Å². The molecule has 5 heteroatoms. The highest BCUT2D eigenvalue weighted by Gasteiger charge is 2.14. The van der Waals surface area contributed by atoms with Crippen LogP contribution in [-0.4, -0.2) is 27.1 Å². The van der Waals surface area contributed by atoms with Crippen LogP contribution in [0.3, 0.4) is 0 Å². The highest BCUT2D eigenvalue weighted by Crippen LogP contribution is 2.23. The van der Waals surface area contributed by atoms with Crippen LogP contribution in [0.4, 0.5) is 0 Å². The maximum absolute atomic E-state index is 10.9. The number of benzene rings is 2. The zero-order valence-corrected chi connectivity index (χ0v) is 13.7. The number of nitrogens with zero attached hydrogens (tertiary/aromatic N) is 2. The standard InChI is InChI=1S/C20H19N3O2/c21-17(20(24)25)12-11-16-13-18(14-7-3-1-4-8-14)23-19(22-16)15-9-5-2-6-10-15/h1-10,13,17H,11-12,21H2,(H,24,25)/t17-/m0/s1. The second-order valence-corrected chi connectivity index (χ2v) is 5.78. The third-order valence-corrected chi connectivity index (χ3v) is 3.91. The molecule has 0 fully saturated rings. The van der Waals surface area contributed by atoms with E-state index >= 15 is 0 Å². The molecule has 1 atom stereocenters. The molecule has 0 spiro atoms. The van der Waals surface area contributed by atoms with Crippen molar-refractivity contribution < 1.29 is 9.90 Å². The molecule has 0 aliphatic rings. The van der Waals surface area contributed by atoms with Crippen molar-refractivity contribution in [3.05, 3.63) is 72.4 Å². The molecule has 5 nitrogen and oxygen atoms in total. The van der Waals surface area contributed by atoms with Crippen LogP contribution in [0, 0.1) is 0 Å². The number of carbonyl (C=O) groups is 1. The predicted octanol–water partition coefficient (Wildman–Crippen LogP) is 3.16. The first-order valence-electron chi connectivity index (χ1n) is 8.10. The summed E-state index contributed by atoms with van der Waals surface area (Å²) in [6.07, 6.45) is 0.810. The summed E-state index contributed by atoms with van der Waals surface area (Å²) in [5, 5.41) is 8.97. The quantitative estimate of drug-likeness (QED) is 0.723. The first-order valence-corrected chi connectivity index (χ1v) is 8.10. The van der Waals surface area contributed by atoms with Crippen LogP contribution < -0.4 is 5.73 Å². The van der Waals surface area contributed by atoms with Crippen LogP contribution in [-0.2, 0) is 11.2 Å². The van der Waals surface area contributed by atoms with Crippen molar-refractivity contribution in [2.45, 2.75) is 18.9 Å². The molecule has 2 aromatic carbocycles. The Morgan fingerprint density at radius 3 is 2.16 bits per heavy atom. The minimum atomic E-state index is -0.999. The van der Waals surface area contributed by atoms with Gasteiger partial charge in [-0.1, -0.05) is 60.7 Å². The lowest BCUT2D eigenvalue weighted by Crippen LogP contribution is -2.30. The summed E-state index contributed by atoms with van der Waals surface area (Å²) in [7, 11) is 0. The maximum Gasteiger partial charge on any atom is 0.320 e. The number of aliphatic carboxylic acids is 1. The van der Waals surface area contributed by atoms with Crippen molar-refractivity contribution in [1.82, 2.24) is 9.97 Å². The van der Waals surface area contributed by atoms with Gasteiger partial charge in [-0.15, -0.1) is 0 Å². The number of hydrogen-bond donors (Lipinski definition) is 2. The van der Waals surface area contributed by atoms with Gasteiger partial charge in [-0.25, -0.2) is 9.97 Å². The van der Waals surface area contributed by atoms with Gasteiger partial charge in [0.2, 0.25) is 0 Å². The van der Waals surface area contributed by atoms with E-state index in [1.807, 2.05) is 66.7 Å². The molecule has 1 heterocycles. The lowest BCUT2D eigenvalue weighted by molar-refractivity contribution is -0.138. The molecular formula is C20H19N3O2. The van der Waals surface area contributed by atoms with E-state index in [4.69, 9.17) is 10.8 Å². The van der Waals surface area contributed by atoms with Gasteiger partial charge >= 0.3 is 5.97 Å². The third-order valence-electron chi connectivity index (χ3n) is 3.91. The van der Waals surface area contributed by atoms with Gasteiger partial charge in [0.25, 0.3) is 0 Å². The summed E-state index contributed by atoms with van der Waals surface area (Å²) in [5.41, 5.74) is 9.13. The van der Waals surface area contributed by atoms with Gasteiger partial charge in [-0.3, -0.25) is 4.79 Å². The number of aromatic nitrogens is 2. The Morgan fingerprint density at radius 2 is 1.56 bits per heavy atom. The van der Waals surface area contributed by atoms with Crippen LogP contribution >= 0.6 is 0 Å². The van der Waals surface area contributed by atoms with Gasteiger partial charge in [-0.2, -0.15) is 0 Å². The zero-order valence-electron chi connectivity index (χ0n) is 13.7. The summed E-state index contributed by atoms with van der Waals surface area (Å²) in [5.74, 6) is -0.374. The zero-order chi connectivity index (χ0) is 17.6. The lowest BCUT2D eigenvalue weighted by atomic mass is 10.1. The summed E-state index contributed by atoms with van der Waals surface area (Å²) < 4.78 is 0. The Balaban J connectivity index is 1.98. The number of carboxylic acid groups (broad SMARTS) is 1. The molecule has 3 aromatic rings. The van der Waals surface area contributed by atoms with Gasteiger partial charge in [0, 0.05) is 16.8 Å². The topological polar surface area (TPSA) is 89.1 Å². The average Bonchev–Trinajstić information content (AvgIpc) is 2.67. The van der Waals surface area contributed by atoms with Crippen molar-refractivity contribution in [2.75, 3.05) is 0 Å². The van der Waals surface area contributed by atoms with Crippen molar-refractivity contribution in [3.63, 3.8) is 0 Å². The highest BCUT2D eigenvalue weighted by atomic mass is 16.4. The first-order chi connectivity index (χ1) is 12.1. The molecule has 0 saturated carbocycles. The fourth-order valence-electron chi connectivity index (χ4n) is 2.53. The highest BCUT2D eigenvalue weighted by molar-refractivity contribution is 5.73. The van der Waals surface area contributed by atoms with Crippen molar-refractivity contribution in [3.8, 4) is 22.6 Å². The summed E-state index contributed by atoms with van der Waals surface area (Å²) in [4.78, 5) is 20.2. The monoisotopic (exact) mass is 333 g/mol. The second-order valence-electron chi connectivity index (χ2n) is 5.78. The van der Waals surface area contributed by atoms with Crippen molar-refractivity contribution >= 4 is 5.97 Å². The van der Waals surface area contributed by atoms with E-state index in [0.29, 0.717) is 18.7 Å². The smallest absolute Gasteiger partial charge is 0.320 e. The fraction of sp³-hybridized carbons (Fsp3) is 0.150. The second kappa shape index (κ2) is 7.68. The van der Waals surface area contributed by atoms with Gasteiger partial charge in [0.05, 0.1) is 5.69 Å². The average molecular weight is 333 g/mol. The Kier molecular flexibility index (Phi) is 5.16. The van der Waals surface area contributed by atoms with Crippen molar-refractivity contribution in [2.24, 2.45) is 5.73 Å². The molecule has 0 radical (unpaired) electrons. The minimum absolute atomic E-state index is 0.328. The predicted molar refractivity (Wildman–Crippen MR) is 96.8 cm³/mol. The fourth-order valence-corrected chi connectivity index (χ4v) is 2.53. The van der Waals surface area contributed by atoms with Crippen molar-refractivity contribution in [1.29, 1.82) is 0 Å². The summed E-state index contributed by atoms with van der Waals surface area (Å²) >= 11 is 0. The Morgan fingerprint density at radius 1 is 0.960 bits per heavy atom. The number of carboxylic acids is 1. The molecule has 1 aromatic heterocycles. The van der Waals surface area contributed by atoms with Gasteiger partial charge in [-0.05, 0) is 18.9 Å². The van der Waals surface area contributed by atoms with Crippen LogP contribution in [0.2, 0.25) is 0 Å². The lowest BCUT2D eigenvalue weighted by Gasteiger charge is -2.10. The normalized spacial score (nSPS) is 11.9. The molecule has 0 aliphatic heterocycles. The molecule has 0 bridgehead atoms. The van der Waals surface area contributed by atoms with E-state index in [9.17, 15) is 4.79 Å². The van der Waals surface area contributed by atoms with Gasteiger partial charge < -0.3 is 10.8 Å². The maximum atomic E-state index is 10.9. The van der Waals surface area contributed by atoms with E-state index in [0.717, 1.165) is 22.5 Å². The molecule has 3 rings (SSSR count). The molecule has 0 amide bonds. The summed E-state index contributed by atoms with van der Waals surface area (Å²) in [6.45, 7) is 0. The number of nitrogens with two attached hydrogens (primary N) is 1. The molecule has 25 heavy (non-hydrogen) atoms. The van der Waals surface area contributed by atoms with E-state index in [1.54, 1.807) is 0 Å². The van der Waals surface area contributed by atoms with Crippen LogP contribution in [0.25, 0.3) is 22.6 Å². The largest absolute Gasteiger partial charge is 0.480 e. The molecule has 3 N–H and O–H groups in total. The van der Waals surface area contributed by atoms with E-state index < -0.39 is 12.0 Å². The van der Waals surface area contributed by atoms with Gasteiger partial charge in [0.1, 0.15) is 6.04 Å². The third kappa shape index (κ3) is 4.28. The van der Waals surface area contributed by atoms with E-state index in [-0.39, 0.29) is 0 Å². The SMILES string of the molecule is N[C@@H](CCc1cc(-c2ccccc2)nc(-c2ccccc2)n1)C(=O)O. The van der Waals surface area contributed by atoms with Crippen LogP contribution in [0.5, 0.6) is 0 Å². The number of aryl methyl sites for hydroxylation is 1. The Bertz CT molecular complexity index is 794. The molecule has 126 valence electrons. The molecule has 0 saturated heterocycles. The van der Waals surface area contributed by atoms with Gasteiger partial charge in [0.15, 0.2) is 5.82 Å². The van der Waals surface area contributed by atoms with E-state index in [1.165, 1.54) is 0 Å². The molecule has 0 aliphatic carbocycles. The van der Waals surface area contributed by atoms with E-state index in [2.05, 4.69) is 9.97 Å². The Hall–Kier alpha value is -3.05. The number of rotatable bonds is 6. The van der Waals surface area contributed by atoms with Crippen LogP contribution in [0.15, 0.2) is 66.7 Å². The first kappa shape index (κ1) is 16.8.